The Kier molecular flexibility index (Phi) is 3.20. The summed E-state index contributed by atoms with van der Waals surface area (Å²) in [5.74, 6) is -0.937. The first-order chi connectivity index (χ1) is 6.46. The van der Waals surface area contributed by atoms with Gasteiger partial charge in [-0.05, 0) is 6.92 Å². The van der Waals surface area contributed by atoms with Crippen LogP contribution < -0.4 is 0 Å². The molecule has 0 aliphatic carbocycles. The minimum absolute atomic E-state index is 0.0528. The number of hydrogen-bond donors (Lipinski definition) is 1. The van der Waals surface area contributed by atoms with Crippen molar-refractivity contribution in [1.82, 2.24) is 0 Å². The summed E-state index contributed by atoms with van der Waals surface area (Å²) in [6.07, 6.45) is 0.914. The Bertz CT molecular complexity index is 298. The van der Waals surface area contributed by atoms with Gasteiger partial charge in [0.2, 0.25) is 0 Å². The number of alkyl halides is 3. The largest absolute Gasteiger partial charge is 0.462 e. The van der Waals surface area contributed by atoms with E-state index in [0.717, 1.165) is 11.7 Å². The summed E-state index contributed by atoms with van der Waals surface area (Å²) in [7, 11) is -2.61. The second-order valence-electron chi connectivity index (χ2n) is 2.34. The number of carbonyl (C=O) groups excluding carboxylic acids is 1. The van der Waals surface area contributed by atoms with Gasteiger partial charge in [-0.15, -0.1) is 0 Å². The summed E-state index contributed by atoms with van der Waals surface area (Å²) in [6, 6.07) is 0. The van der Waals surface area contributed by atoms with Gasteiger partial charge in [0, 0.05) is 6.20 Å². The Hall–Kier alpha value is -0.980. The van der Waals surface area contributed by atoms with Gasteiger partial charge in [0.1, 0.15) is 4.91 Å². The highest BCUT2D eigenvalue weighted by Gasteiger charge is 2.42. The van der Waals surface area contributed by atoms with Crippen molar-refractivity contribution in [2.45, 2.75) is 12.4 Å². The summed E-state index contributed by atoms with van der Waals surface area (Å²) in [6.45, 7) is 1.58. The molecule has 0 aromatic heterocycles. The highest BCUT2D eigenvalue weighted by atomic mass is 32.2. The summed E-state index contributed by atoms with van der Waals surface area (Å²) < 4.78 is 41.4. The van der Waals surface area contributed by atoms with Crippen molar-refractivity contribution in [2.24, 2.45) is 4.99 Å². The summed E-state index contributed by atoms with van der Waals surface area (Å²) in [5, 5.41) is 0. The fraction of sp³-hybridized carbons (Fsp3) is 0.429. The maximum absolute atomic E-state index is 12.3. The number of carbonyl (C=O) groups is 1. The molecule has 0 radical (unpaired) electrons. The van der Waals surface area contributed by atoms with Crippen LogP contribution in [0.25, 0.3) is 0 Å². The Morgan fingerprint density at radius 1 is 1.64 bits per heavy atom. The van der Waals surface area contributed by atoms with Crippen molar-refractivity contribution in [3.05, 3.63) is 11.1 Å². The van der Waals surface area contributed by atoms with E-state index in [4.69, 9.17) is 0 Å². The highest BCUT2D eigenvalue weighted by molar-refractivity contribution is 8.33. The average Bonchev–Trinajstić information content (AvgIpc) is 2.50. The van der Waals surface area contributed by atoms with Gasteiger partial charge in [-0.25, -0.2) is 4.79 Å². The molecular formula is C7H8F3NO2S. The van der Waals surface area contributed by atoms with Gasteiger partial charge in [-0.3, -0.25) is 4.99 Å². The minimum Gasteiger partial charge on any atom is -0.462 e. The quantitative estimate of drug-likeness (QED) is 0.578. The zero-order chi connectivity index (χ0) is 10.8. The SMILES string of the molecule is CCOC(=O)C1=CN=C[SH]1C(F)(F)F. The third kappa shape index (κ3) is 2.28. The topological polar surface area (TPSA) is 38.7 Å². The molecule has 14 heavy (non-hydrogen) atoms. The molecule has 1 unspecified atom stereocenters. The Morgan fingerprint density at radius 2 is 2.29 bits per heavy atom. The molecule has 3 nitrogen and oxygen atoms in total. The number of rotatable bonds is 2. The maximum Gasteiger partial charge on any atom is 0.432 e. The summed E-state index contributed by atoms with van der Waals surface area (Å²) in [4.78, 5) is 14.0. The van der Waals surface area contributed by atoms with Gasteiger partial charge >= 0.3 is 11.5 Å². The fourth-order valence-corrected chi connectivity index (χ4v) is 2.03. The van der Waals surface area contributed by atoms with E-state index in [1.165, 1.54) is 6.92 Å². The number of aliphatic imine (C=N–C) groups is 1. The van der Waals surface area contributed by atoms with Crippen LogP contribution in [0.5, 0.6) is 0 Å². The molecule has 1 heterocycles. The Labute approximate surface area is 81.0 Å². The second kappa shape index (κ2) is 4.04. The van der Waals surface area contributed by atoms with Crippen molar-refractivity contribution >= 4 is 22.4 Å². The van der Waals surface area contributed by atoms with E-state index in [-0.39, 0.29) is 6.61 Å². The molecule has 0 aromatic carbocycles. The lowest BCUT2D eigenvalue weighted by atomic mass is 10.6. The van der Waals surface area contributed by atoms with E-state index in [1.807, 2.05) is 0 Å². The molecule has 80 valence electrons. The molecule has 1 rings (SSSR count). The predicted octanol–water partition coefficient (Wildman–Crippen LogP) is 1.95. The van der Waals surface area contributed by atoms with E-state index in [9.17, 15) is 18.0 Å². The van der Waals surface area contributed by atoms with Gasteiger partial charge < -0.3 is 4.74 Å². The summed E-state index contributed by atoms with van der Waals surface area (Å²) in [5.41, 5.74) is -3.67. The number of esters is 1. The number of halogens is 3. The standard InChI is InChI=1S/C7H8F3NO2S/c1-2-13-6(12)5-3-11-4-14(5)7(8,9)10/h3-4,14H,2H2,1H3. The zero-order valence-electron chi connectivity index (χ0n) is 7.21. The van der Waals surface area contributed by atoms with Crippen LogP contribution in [-0.2, 0) is 9.53 Å². The molecule has 7 heteroatoms. The van der Waals surface area contributed by atoms with Gasteiger partial charge in [0.25, 0.3) is 0 Å². The minimum atomic E-state index is -4.42. The van der Waals surface area contributed by atoms with E-state index < -0.39 is 27.3 Å². The number of hydrogen-bond acceptors (Lipinski definition) is 3. The van der Waals surface area contributed by atoms with E-state index in [0.29, 0.717) is 0 Å². The Morgan fingerprint density at radius 3 is 2.79 bits per heavy atom. The van der Waals surface area contributed by atoms with Crippen LogP contribution >= 0.6 is 10.9 Å². The number of thiol groups is 1. The van der Waals surface area contributed by atoms with Crippen LogP contribution in [0.15, 0.2) is 16.1 Å². The molecule has 1 aliphatic heterocycles. The second-order valence-corrected chi connectivity index (χ2v) is 4.30. The predicted molar refractivity (Wildman–Crippen MR) is 48.2 cm³/mol. The van der Waals surface area contributed by atoms with Crippen LogP contribution in [0, 0.1) is 0 Å². The molecule has 1 atom stereocenters. The molecule has 1 aliphatic rings. The molecule has 0 fully saturated rings. The molecule has 0 saturated carbocycles. The van der Waals surface area contributed by atoms with Gasteiger partial charge in [-0.2, -0.15) is 13.2 Å². The Balaban J connectivity index is 2.77. The van der Waals surface area contributed by atoms with E-state index in [1.54, 1.807) is 0 Å². The number of ether oxygens (including phenoxy) is 1. The van der Waals surface area contributed by atoms with Crippen molar-refractivity contribution in [1.29, 1.82) is 0 Å². The van der Waals surface area contributed by atoms with Crippen molar-refractivity contribution in [3.63, 3.8) is 0 Å². The van der Waals surface area contributed by atoms with Crippen molar-refractivity contribution in [2.75, 3.05) is 6.61 Å². The average molecular weight is 227 g/mol. The molecule has 0 amide bonds. The molecular weight excluding hydrogens is 219 g/mol. The van der Waals surface area contributed by atoms with Crippen molar-refractivity contribution in [3.8, 4) is 0 Å². The first-order valence-electron chi connectivity index (χ1n) is 3.73. The lowest BCUT2D eigenvalue weighted by molar-refractivity contribution is -0.137. The highest BCUT2D eigenvalue weighted by Crippen LogP contribution is 2.51. The van der Waals surface area contributed by atoms with Crippen LogP contribution in [-0.4, -0.2) is 23.6 Å². The van der Waals surface area contributed by atoms with Crippen LogP contribution in [0.1, 0.15) is 6.92 Å². The van der Waals surface area contributed by atoms with E-state index in [2.05, 4.69) is 9.73 Å². The third-order valence-corrected chi connectivity index (χ3v) is 3.12. The summed E-state index contributed by atoms with van der Waals surface area (Å²) >= 11 is 0. The fourth-order valence-electron chi connectivity index (χ4n) is 0.853. The van der Waals surface area contributed by atoms with E-state index >= 15 is 0 Å². The first-order valence-corrected chi connectivity index (χ1v) is 5.14. The lowest BCUT2D eigenvalue weighted by Crippen LogP contribution is -2.15. The maximum atomic E-state index is 12.3. The third-order valence-electron chi connectivity index (χ3n) is 1.40. The van der Waals surface area contributed by atoms with Gasteiger partial charge in [0.05, 0.1) is 12.2 Å². The molecule has 0 aromatic rings. The van der Waals surface area contributed by atoms with Crippen molar-refractivity contribution < 1.29 is 22.7 Å². The van der Waals surface area contributed by atoms with Crippen LogP contribution in [0.2, 0.25) is 0 Å². The smallest absolute Gasteiger partial charge is 0.432 e. The molecule has 0 bridgehead atoms. The lowest BCUT2D eigenvalue weighted by Gasteiger charge is -2.18. The molecule has 0 N–H and O–H groups in total. The normalized spacial score (nSPS) is 23.4. The monoisotopic (exact) mass is 227 g/mol. The molecule has 0 saturated heterocycles. The number of nitrogens with zero attached hydrogens (tertiary/aromatic N) is 1. The van der Waals surface area contributed by atoms with Crippen LogP contribution in [0.3, 0.4) is 0 Å². The zero-order valence-corrected chi connectivity index (χ0v) is 8.10. The van der Waals surface area contributed by atoms with Gasteiger partial charge in [-0.1, -0.05) is 10.9 Å². The first kappa shape index (κ1) is 11.1. The molecule has 0 spiro atoms. The van der Waals surface area contributed by atoms with Crippen LogP contribution in [0.4, 0.5) is 13.2 Å². The van der Waals surface area contributed by atoms with Gasteiger partial charge in [0.15, 0.2) is 0 Å².